The Bertz CT molecular complexity index is 650. The van der Waals surface area contributed by atoms with Gasteiger partial charge in [-0.15, -0.1) is 0 Å². The van der Waals surface area contributed by atoms with Gasteiger partial charge in [0, 0.05) is 16.7 Å². The Labute approximate surface area is 123 Å². The van der Waals surface area contributed by atoms with E-state index in [1.54, 1.807) is 43.5 Å². The van der Waals surface area contributed by atoms with Crippen molar-refractivity contribution in [3.63, 3.8) is 0 Å². The zero-order valence-corrected chi connectivity index (χ0v) is 12.3. The molecule has 0 heterocycles. The second kappa shape index (κ2) is 5.97. The average Bonchev–Trinajstić information content (AvgIpc) is 2.48. The van der Waals surface area contributed by atoms with E-state index in [2.05, 4.69) is 0 Å². The van der Waals surface area contributed by atoms with Gasteiger partial charge < -0.3 is 9.47 Å². The number of hydrogen-bond donors (Lipinski definition) is 0. The molecular weight excluding hydrogens is 276 g/mol. The summed E-state index contributed by atoms with van der Waals surface area (Å²) in [6.45, 7) is 1.87. The van der Waals surface area contributed by atoms with Gasteiger partial charge in [0.2, 0.25) is 0 Å². The minimum atomic E-state index is -0.107. The molecule has 2 aromatic rings. The van der Waals surface area contributed by atoms with Crippen LogP contribution in [0.1, 0.15) is 21.5 Å². The predicted octanol–water partition coefficient (Wildman–Crippen LogP) is 3.90. The molecule has 0 N–H and O–H groups in total. The van der Waals surface area contributed by atoms with Crippen molar-refractivity contribution in [2.45, 2.75) is 6.92 Å². The zero-order valence-electron chi connectivity index (χ0n) is 11.6. The molecule has 3 nitrogen and oxygen atoms in total. The van der Waals surface area contributed by atoms with Gasteiger partial charge in [-0.3, -0.25) is 4.79 Å². The van der Waals surface area contributed by atoms with E-state index in [0.717, 1.165) is 5.56 Å². The summed E-state index contributed by atoms with van der Waals surface area (Å²) in [7, 11) is 3.09. The van der Waals surface area contributed by atoms with Crippen molar-refractivity contribution in [1.82, 2.24) is 0 Å². The largest absolute Gasteiger partial charge is 0.497 e. The molecule has 0 radical (unpaired) electrons. The number of halogens is 1. The molecule has 0 saturated heterocycles. The highest BCUT2D eigenvalue weighted by molar-refractivity contribution is 6.31. The first kappa shape index (κ1) is 14.4. The van der Waals surface area contributed by atoms with Crippen LogP contribution >= 0.6 is 11.6 Å². The van der Waals surface area contributed by atoms with Gasteiger partial charge in [0.25, 0.3) is 0 Å². The van der Waals surface area contributed by atoms with Gasteiger partial charge in [-0.1, -0.05) is 11.6 Å². The van der Waals surface area contributed by atoms with Crippen LogP contribution in [0.15, 0.2) is 36.4 Å². The Hall–Kier alpha value is -2.00. The lowest BCUT2D eigenvalue weighted by atomic mass is 10.0. The number of benzene rings is 2. The van der Waals surface area contributed by atoms with Crippen molar-refractivity contribution in [1.29, 1.82) is 0 Å². The van der Waals surface area contributed by atoms with E-state index in [-0.39, 0.29) is 5.78 Å². The molecule has 0 unspecified atom stereocenters. The van der Waals surface area contributed by atoms with Gasteiger partial charge >= 0.3 is 0 Å². The van der Waals surface area contributed by atoms with Crippen LogP contribution in [-0.2, 0) is 0 Å². The summed E-state index contributed by atoms with van der Waals surface area (Å²) in [5.41, 5.74) is 1.94. The van der Waals surface area contributed by atoms with E-state index < -0.39 is 0 Å². The van der Waals surface area contributed by atoms with Gasteiger partial charge in [0.05, 0.1) is 19.8 Å². The van der Waals surface area contributed by atoms with E-state index in [0.29, 0.717) is 27.6 Å². The van der Waals surface area contributed by atoms with E-state index in [1.807, 2.05) is 6.92 Å². The van der Waals surface area contributed by atoms with E-state index in [4.69, 9.17) is 21.1 Å². The van der Waals surface area contributed by atoms with Crippen LogP contribution in [-0.4, -0.2) is 20.0 Å². The van der Waals surface area contributed by atoms with Crippen molar-refractivity contribution in [2.24, 2.45) is 0 Å². The number of aryl methyl sites for hydroxylation is 1. The van der Waals surface area contributed by atoms with Gasteiger partial charge in [-0.25, -0.2) is 0 Å². The molecule has 0 saturated carbocycles. The molecular formula is C16H15ClO3. The van der Waals surface area contributed by atoms with E-state index in [1.165, 1.54) is 7.11 Å². The number of carbonyl (C=O) groups excluding carboxylic acids is 1. The standard InChI is InChI=1S/C16H15ClO3/c1-10-8-11(4-7-14(10)17)16(18)13-6-5-12(19-2)9-15(13)20-3/h4-9H,1-3H3. The first-order chi connectivity index (χ1) is 9.56. The normalized spacial score (nSPS) is 10.2. The minimum absolute atomic E-state index is 0.107. The molecule has 20 heavy (non-hydrogen) atoms. The van der Waals surface area contributed by atoms with E-state index in [9.17, 15) is 4.79 Å². The van der Waals surface area contributed by atoms with Crippen LogP contribution in [0, 0.1) is 6.92 Å². The lowest BCUT2D eigenvalue weighted by Gasteiger charge is -2.10. The maximum atomic E-state index is 12.5. The summed E-state index contributed by atoms with van der Waals surface area (Å²) < 4.78 is 10.4. The highest BCUT2D eigenvalue weighted by atomic mass is 35.5. The molecule has 0 bridgehead atoms. The fourth-order valence-electron chi connectivity index (χ4n) is 1.93. The Morgan fingerprint density at radius 3 is 2.40 bits per heavy atom. The van der Waals surface area contributed by atoms with Crippen LogP contribution < -0.4 is 9.47 Å². The third-order valence-corrected chi connectivity index (χ3v) is 3.50. The Balaban J connectivity index is 2.44. The molecule has 2 rings (SSSR count). The Morgan fingerprint density at radius 2 is 1.80 bits per heavy atom. The highest BCUT2D eigenvalue weighted by Gasteiger charge is 2.16. The van der Waals surface area contributed by atoms with Crippen molar-refractivity contribution in [3.05, 3.63) is 58.1 Å². The summed E-state index contributed by atoms with van der Waals surface area (Å²) in [6.07, 6.45) is 0. The average molecular weight is 291 g/mol. The van der Waals surface area contributed by atoms with E-state index >= 15 is 0 Å². The van der Waals surface area contributed by atoms with Crippen LogP contribution in [0.2, 0.25) is 5.02 Å². The third kappa shape index (κ3) is 2.78. The molecule has 0 aliphatic heterocycles. The van der Waals surface area contributed by atoms with Gasteiger partial charge in [-0.05, 0) is 42.8 Å². The molecule has 0 aliphatic rings. The van der Waals surface area contributed by atoms with Crippen LogP contribution in [0.5, 0.6) is 11.5 Å². The molecule has 0 amide bonds. The number of rotatable bonds is 4. The summed E-state index contributed by atoms with van der Waals surface area (Å²) in [5, 5.41) is 0.642. The highest BCUT2D eigenvalue weighted by Crippen LogP contribution is 2.27. The smallest absolute Gasteiger partial charge is 0.196 e. The Kier molecular flexibility index (Phi) is 4.30. The lowest BCUT2D eigenvalue weighted by molar-refractivity contribution is 0.103. The number of carbonyl (C=O) groups is 1. The second-order valence-corrected chi connectivity index (χ2v) is 4.77. The molecule has 0 aromatic heterocycles. The van der Waals surface area contributed by atoms with Crippen LogP contribution in [0.4, 0.5) is 0 Å². The SMILES string of the molecule is COc1ccc(C(=O)c2ccc(Cl)c(C)c2)c(OC)c1. The Morgan fingerprint density at radius 1 is 1.05 bits per heavy atom. The molecule has 0 spiro atoms. The van der Waals surface area contributed by atoms with Crippen LogP contribution in [0.3, 0.4) is 0 Å². The van der Waals surface area contributed by atoms with Gasteiger partial charge in [-0.2, -0.15) is 0 Å². The monoisotopic (exact) mass is 290 g/mol. The topological polar surface area (TPSA) is 35.5 Å². The quantitative estimate of drug-likeness (QED) is 0.801. The predicted molar refractivity (Wildman–Crippen MR) is 79.2 cm³/mol. The third-order valence-electron chi connectivity index (χ3n) is 3.07. The zero-order chi connectivity index (χ0) is 14.7. The molecule has 2 aromatic carbocycles. The van der Waals surface area contributed by atoms with Crippen LogP contribution in [0.25, 0.3) is 0 Å². The number of ether oxygens (including phenoxy) is 2. The maximum absolute atomic E-state index is 12.5. The fraction of sp³-hybridized carbons (Fsp3) is 0.188. The van der Waals surface area contributed by atoms with Gasteiger partial charge in [0.15, 0.2) is 5.78 Å². The number of hydrogen-bond acceptors (Lipinski definition) is 3. The van der Waals surface area contributed by atoms with Crippen molar-refractivity contribution < 1.29 is 14.3 Å². The summed E-state index contributed by atoms with van der Waals surface area (Å²) in [6, 6.07) is 10.3. The molecule has 0 atom stereocenters. The fourth-order valence-corrected chi connectivity index (χ4v) is 2.05. The van der Waals surface area contributed by atoms with Crippen molar-refractivity contribution in [3.8, 4) is 11.5 Å². The summed E-state index contributed by atoms with van der Waals surface area (Å²) in [4.78, 5) is 12.5. The molecule has 104 valence electrons. The lowest BCUT2D eigenvalue weighted by Crippen LogP contribution is -2.04. The summed E-state index contributed by atoms with van der Waals surface area (Å²) >= 11 is 5.98. The van der Waals surface area contributed by atoms with Crippen molar-refractivity contribution >= 4 is 17.4 Å². The second-order valence-electron chi connectivity index (χ2n) is 4.36. The maximum Gasteiger partial charge on any atom is 0.196 e. The summed E-state index contributed by atoms with van der Waals surface area (Å²) in [5.74, 6) is 1.02. The number of ketones is 1. The molecule has 4 heteroatoms. The molecule has 0 fully saturated rings. The molecule has 0 aliphatic carbocycles. The first-order valence-electron chi connectivity index (χ1n) is 6.09. The minimum Gasteiger partial charge on any atom is -0.497 e. The first-order valence-corrected chi connectivity index (χ1v) is 6.47. The van der Waals surface area contributed by atoms with Gasteiger partial charge in [0.1, 0.15) is 11.5 Å². The number of methoxy groups -OCH3 is 2. The van der Waals surface area contributed by atoms with Crippen molar-refractivity contribution in [2.75, 3.05) is 14.2 Å².